The van der Waals surface area contributed by atoms with Crippen molar-refractivity contribution < 1.29 is 4.79 Å². The van der Waals surface area contributed by atoms with Gasteiger partial charge in [0.15, 0.2) is 5.17 Å². The number of carbonyl (C=O) groups excluding carboxylic acids is 1. The van der Waals surface area contributed by atoms with E-state index in [0.29, 0.717) is 18.0 Å². The lowest BCUT2D eigenvalue weighted by atomic mass is 10.0. The summed E-state index contributed by atoms with van der Waals surface area (Å²) in [6.07, 6.45) is 0.976. The first kappa shape index (κ1) is 18.2. The first-order valence-corrected chi connectivity index (χ1v) is 11.0. The highest BCUT2D eigenvalue weighted by Gasteiger charge is 2.25. The van der Waals surface area contributed by atoms with E-state index in [2.05, 4.69) is 24.9 Å². The van der Waals surface area contributed by atoms with E-state index < -0.39 is 0 Å². The highest BCUT2D eigenvalue weighted by Crippen LogP contribution is 2.30. The summed E-state index contributed by atoms with van der Waals surface area (Å²) in [6, 6.07) is 13.9. The molecule has 0 bridgehead atoms. The first-order valence-electron chi connectivity index (χ1n) is 9.09. The Hall–Kier alpha value is -2.18. The average molecular weight is 396 g/mol. The molecule has 1 aliphatic rings. The van der Waals surface area contributed by atoms with E-state index in [0.717, 1.165) is 33.2 Å². The molecule has 0 spiro atoms. The molecule has 1 aliphatic heterocycles. The molecular weight excluding hydrogens is 374 g/mol. The molecule has 1 saturated heterocycles. The molecule has 0 radical (unpaired) electrons. The Morgan fingerprint density at radius 2 is 2.07 bits per heavy atom. The van der Waals surface area contributed by atoms with Gasteiger partial charge in [-0.3, -0.25) is 9.69 Å². The second-order valence-electron chi connectivity index (χ2n) is 6.80. The summed E-state index contributed by atoms with van der Waals surface area (Å²) in [5, 5.41) is 0.795. The normalized spacial score (nSPS) is 16.4. The molecular formula is C21H21N3OS2. The Bertz CT molecular complexity index is 1010. The van der Waals surface area contributed by atoms with Crippen molar-refractivity contribution in [1.29, 1.82) is 0 Å². The second kappa shape index (κ2) is 7.82. The lowest BCUT2D eigenvalue weighted by molar-refractivity contribution is 0.0849. The summed E-state index contributed by atoms with van der Waals surface area (Å²) in [5.41, 5.74) is 5.59. The number of thioether (sulfide) groups is 1. The molecule has 6 heteroatoms. The highest BCUT2D eigenvalue weighted by molar-refractivity contribution is 8.13. The van der Waals surface area contributed by atoms with Crippen molar-refractivity contribution in [1.82, 2.24) is 9.88 Å². The number of aliphatic imine (C=N–C) groups is 1. The SMILES string of the molecule is CC(C)c1ccccc1N=C1SCCCN1C(=O)c1ccc2ncsc2c1. The summed E-state index contributed by atoms with van der Waals surface area (Å²) >= 11 is 3.22. The Balaban J connectivity index is 1.69. The molecule has 1 fully saturated rings. The largest absolute Gasteiger partial charge is 0.287 e. The molecule has 4 rings (SSSR count). The summed E-state index contributed by atoms with van der Waals surface area (Å²) in [4.78, 5) is 24.2. The van der Waals surface area contributed by atoms with E-state index in [1.165, 1.54) is 5.56 Å². The van der Waals surface area contributed by atoms with Crippen LogP contribution >= 0.6 is 23.1 Å². The van der Waals surface area contributed by atoms with Crippen molar-refractivity contribution in [3.63, 3.8) is 0 Å². The number of nitrogens with zero attached hydrogens (tertiary/aromatic N) is 3. The topological polar surface area (TPSA) is 45.6 Å². The smallest absolute Gasteiger partial charge is 0.259 e. The number of carbonyl (C=O) groups is 1. The fraction of sp³-hybridized carbons (Fsp3) is 0.286. The van der Waals surface area contributed by atoms with Gasteiger partial charge >= 0.3 is 0 Å². The van der Waals surface area contributed by atoms with Crippen LogP contribution in [0.3, 0.4) is 0 Å². The number of fused-ring (bicyclic) bond motifs is 1. The molecule has 27 heavy (non-hydrogen) atoms. The van der Waals surface area contributed by atoms with Crippen molar-refractivity contribution >= 4 is 50.1 Å². The third kappa shape index (κ3) is 3.77. The molecule has 2 aromatic carbocycles. The molecule has 1 amide bonds. The molecule has 2 heterocycles. The molecule has 3 aromatic rings. The fourth-order valence-corrected chi connectivity index (χ4v) is 4.83. The number of hydrogen-bond acceptors (Lipinski definition) is 5. The minimum Gasteiger partial charge on any atom is -0.287 e. The molecule has 0 aliphatic carbocycles. The maximum Gasteiger partial charge on any atom is 0.259 e. The molecule has 138 valence electrons. The van der Waals surface area contributed by atoms with Crippen LogP contribution in [0.1, 0.15) is 42.1 Å². The van der Waals surface area contributed by atoms with Gasteiger partial charge in [0, 0.05) is 17.9 Å². The van der Waals surface area contributed by atoms with E-state index in [9.17, 15) is 4.79 Å². The lowest BCUT2D eigenvalue weighted by Gasteiger charge is -2.28. The van der Waals surface area contributed by atoms with E-state index in [1.807, 2.05) is 46.8 Å². The lowest BCUT2D eigenvalue weighted by Crippen LogP contribution is -2.39. The van der Waals surface area contributed by atoms with Crippen LogP contribution in [0, 0.1) is 0 Å². The summed E-state index contributed by atoms with van der Waals surface area (Å²) in [7, 11) is 0. The van der Waals surface area contributed by atoms with Crippen molar-refractivity contribution in [2.24, 2.45) is 4.99 Å². The summed E-state index contributed by atoms with van der Waals surface area (Å²) in [5.74, 6) is 1.38. The summed E-state index contributed by atoms with van der Waals surface area (Å²) in [6.45, 7) is 5.04. The van der Waals surface area contributed by atoms with Gasteiger partial charge < -0.3 is 0 Å². The predicted molar refractivity (Wildman–Crippen MR) is 115 cm³/mol. The van der Waals surface area contributed by atoms with Crippen LogP contribution in [-0.2, 0) is 0 Å². The van der Waals surface area contributed by atoms with Crippen molar-refractivity contribution in [3.05, 3.63) is 59.1 Å². The number of rotatable bonds is 3. The van der Waals surface area contributed by atoms with E-state index >= 15 is 0 Å². The summed E-state index contributed by atoms with van der Waals surface area (Å²) < 4.78 is 1.04. The van der Waals surface area contributed by atoms with Gasteiger partial charge in [0.2, 0.25) is 0 Å². The van der Waals surface area contributed by atoms with Crippen LogP contribution in [0.5, 0.6) is 0 Å². The first-order chi connectivity index (χ1) is 13.1. The molecule has 0 saturated carbocycles. The Kier molecular flexibility index (Phi) is 5.27. The molecule has 0 unspecified atom stereocenters. The molecule has 0 N–H and O–H groups in total. The van der Waals surface area contributed by atoms with Crippen LogP contribution in [-0.4, -0.2) is 33.3 Å². The quantitative estimate of drug-likeness (QED) is 0.572. The van der Waals surface area contributed by atoms with Gasteiger partial charge in [0.1, 0.15) is 0 Å². The maximum absolute atomic E-state index is 13.2. The predicted octanol–water partition coefficient (Wildman–Crippen LogP) is 5.69. The maximum atomic E-state index is 13.2. The van der Waals surface area contributed by atoms with Crippen LogP contribution in [0.2, 0.25) is 0 Å². The number of para-hydroxylation sites is 1. The molecule has 1 aromatic heterocycles. The number of amidine groups is 1. The minimum atomic E-state index is 0.0123. The Labute approximate surface area is 167 Å². The van der Waals surface area contributed by atoms with E-state index in [1.54, 1.807) is 23.1 Å². The van der Waals surface area contributed by atoms with E-state index in [4.69, 9.17) is 4.99 Å². The molecule has 0 atom stereocenters. The standard InChI is InChI=1S/C21H21N3OS2/c1-14(2)16-6-3-4-7-17(16)23-21-24(10-5-11-26-21)20(25)15-8-9-18-19(12-15)27-13-22-18/h3-4,6-9,12-14H,5,10-11H2,1-2H3. The van der Waals surface area contributed by atoms with Gasteiger partial charge in [-0.15, -0.1) is 11.3 Å². The van der Waals surface area contributed by atoms with Crippen LogP contribution in [0.4, 0.5) is 5.69 Å². The Morgan fingerprint density at radius 1 is 1.22 bits per heavy atom. The zero-order valence-electron chi connectivity index (χ0n) is 15.4. The molecule has 4 nitrogen and oxygen atoms in total. The van der Waals surface area contributed by atoms with Gasteiger partial charge in [-0.2, -0.15) is 0 Å². The van der Waals surface area contributed by atoms with E-state index in [-0.39, 0.29) is 5.91 Å². The monoisotopic (exact) mass is 395 g/mol. The third-order valence-electron chi connectivity index (χ3n) is 4.59. The average Bonchev–Trinajstić information content (AvgIpc) is 3.16. The van der Waals surface area contributed by atoms with Crippen molar-refractivity contribution in [2.45, 2.75) is 26.2 Å². The van der Waals surface area contributed by atoms with Gasteiger partial charge in [0.05, 0.1) is 21.4 Å². The number of amides is 1. The van der Waals surface area contributed by atoms with Crippen molar-refractivity contribution in [3.8, 4) is 0 Å². The van der Waals surface area contributed by atoms with Crippen LogP contribution in [0.15, 0.2) is 53.0 Å². The number of hydrogen-bond donors (Lipinski definition) is 0. The zero-order chi connectivity index (χ0) is 18.8. The van der Waals surface area contributed by atoms with Crippen LogP contribution in [0.25, 0.3) is 10.2 Å². The zero-order valence-corrected chi connectivity index (χ0v) is 17.0. The number of aromatic nitrogens is 1. The van der Waals surface area contributed by atoms with Crippen molar-refractivity contribution in [2.75, 3.05) is 12.3 Å². The number of thiazole rings is 1. The van der Waals surface area contributed by atoms with Gasteiger partial charge in [-0.05, 0) is 42.2 Å². The number of benzene rings is 2. The highest BCUT2D eigenvalue weighted by atomic mass is 32.2. The fourth-order valence-electron chi connectivity index (χ4n) is 3.17. The van der Waals surface area contributed by atoms with Gasteiger partial charge in [-0.25, -0.2) is 9.98 Å². The second-order valence-corrected chi connectivity index (χ2v) is 8.75. The van der Waals surface area contributed by atoms with Crippen LogP contribution < -0.4 is 0 Å². The third-order valence-corrected chi connectivity index (χ3v) is 6.44. The van der Waals surface area contributed by atoms with Gasteiger partial charge in [-0.1, -0.05) is 43.8 Å². The Morgan fingerprint density at radius 3 is 2.93 bits per heavy atom. The van der Waals surface area contributed by atoms with Gasteiger partial charge in [0.25, 0.3) is 5.91 Å². The minimum absolute atomic E-state index is 0.0123.